The first-order valence-corrected chi connectivity index (χ1v) is 9.39. The summed E-state index contributed by atoms with van der Waals surface area (Å²) in [6.45, 7) is -0.223. The highest BCUT2D eigenvalue weighted by atomic mass is 35.5. The lowest BCUT2D eigenvalue weighted by Gasteiger charge is -2.21. The molecule has 25 heavy (non-hydrogen) atoms. The van der Waals surface area contributed by atoms with Crippen LogP contribution < -0.4 is 0 Å². The number of Topliss-reactive ketones (excluding diaryl/α,β-unsaturated/α-hetero) is 1. The zero-order valence-electron chi connectivity index (χ0n) is 14.0. The number of oxime groups is 1. The number of thioether (sulfide) groups is 1. The Morgan fingerprint density at radius 1 is 1.52 bits per heavy atom. The molecule has 0 aromatic heterocycles. The molecule has 0 aliphatic heterocycles. The van der Waals surface area contributed by atoms with Gasteiger partial charge in [-0.1, -0.05) is 22.8 Å². The fraction of sp³-hybridized carbons (Fsp3) is 0.444. The number of carbonyl (C=O) groups is 1. The molecule has 0 saturated carbocycles. The van der Waals surface area contributed by atoms with Crippen LogP contribution in [0.5, 0.6) is 0 Å². The summed E-state index contributed by atoms with van der Waals surface area (Å²) in [4.78, 5) is 17.8. The van der Waals surface area contributed by atoms with Gasteiger partial charge in [0.1, 0.15) is 12.9 Å². The molecule has 136 valence electrons. The minimum atomic E-state index is -0.416. The van der Waals surface area contributed by atoms with Crippen LogP contribution in [0, 0.1) is 11.7 Å². The van der Waals surface area contributed by atoms with Crippen molar-refractivity contribution in [3.05, 3.63) is 40.7 Å². The predicted octanol–water partition coefficient (Wildman–Crippen LogP) is 4.25. The van der Waals surface area contributed by atoms with Crippen molar-refractivity contribution >= 4 is 34.9 Å². The number of carbonyl (C=O) groups excluding carboxylic acids is 1. The molecule has 1 aliphatic carbocycles. The van der Waals surface area contributed by atoms with Crippen molar-refractivity contribution in [1.82, 2.24) is 0 Å². The number of hydrogen-bond acceptors (Lipinski definition) is 5. The Morgan fingerprint density at radius 2 is 2.32 bits per heavy atom. The van der Waals surface area contributed by atoms with Gasteiger partial charge in [-0.15, -0.1) is 11.8 Å². The number of benzene rings is 1. The van der Waals surface area contributed by atoms with E-state index in [9.17, 15) is 14.3 Å². The monoisotopic (exact) mass is 385 g/mol. The van der Waals surface area contributed by atoms with Gasteiger partial charge in [0, 0.05) is 17.7 Å². The molecule has 1 N–H and O–H groups in total. The maximum absolute atomic E-state index is 13.1. The molecular formula is C18H21ClFNO3S. The van der Waals surface area contributed by atoms with E-state index in [0.717, 1.165) is 23.5 Å². The van der Waals surface area contributed by atoms with Gasteiger partial charge in [0.2, 0.25) is 0 Å². The second kappa shape index (κ2) is 9.94. The van der Waals surface area contributed by atoms with Gasteiger partial charge < -0.3 is 9.94 Å². The van der Waals surface area contributed by atoms with E-state index in [2.05, 4.69) is 9.99 Å². The summed E-state index contributed by atoms with van der Waals surface area (Å²) in [5.74, 6) is 0.830. The number of aliphatic hydroxyl groups is 1. The molecule has 0 bridgehead atoms. The summed E-state index contributed by atoms with van der Waals surface area (Å²) in [6.07, 6.45) is 4.50. The Bertz CT molecular complexity index is 678. The van der Waals surface area contributed by atoms with E-state index >= 15 is 0 Å². The molecule has 1 atom stereocenters. The maximum atomic E-state index is 13.1. The third kappa shape index (κ3) is 6.13. The maximum Gasteiger partial charge on any atom is 0.159 e. The molecule has 2 rings (SSSR count). The molecular weight excluding hydrogens is 365 g/mol. The number of allylic oxidation sites excluding steroid dienone is 2. The summed E-state index contributed by atoms with van der Waals surface area (Å²) in [5.41, 5.74) is 1.14. The quantitative estimate of drug-likeness (QED) is 0.413. The molecule has 0 fully saturated rings. The number of hydrogen-bond donors (Lipinski definition) is 1. The van der Waals surface area contributed by atoms with Gasteiger partial charge in [-0.2, -0.15) is 0 Å². The van der Waals surface area contributed by atoms with Crippen LogP contribution in [0.15, 0.2) is 39.9 Å². The van der Waals surface area contributed by atoms with Crippen LogP contribution in [-0.2, 0) is 9.63 Å². The van der Waals surface area contributed by atoms with Crippen LogP contribution in [0.2, 0.25) is 5.02 Å². The van der Waals surface area contributed by atoms with Gasteiger partial charge >= 0.3 is 0 Å². The number of rotatable bonds is 8. The average molecular weight is 386 g/mol. The summed E-state index contributed by atoms with van der Waals surface area (Å²) >= 11 is 7.38. The fourth-order valence-electron chi connectivity index (χ4n) is 2.67. The minimum absolute atomic E-state index is 0.100. The number of halogens is 2. The van der Waals surface area contributed by atoms with Crippen molar-refractivity contribution in [3.63, 3.8) is 0 Å². The molecule has 1 aromatic carbocycles. The first-order chi connectivity index (χ1) is 12.0. The van der Waals surface area contributed by atoms with Crippen molar-refractivity contribution in [2.24, 2.45) is 11.1 Å². The van der Waals surface area contributed by atoms with E-state index in [4.69, 9.17) is 11.6 Å². The summed E-state index contributed by atoms with van der Waals surface area (Å²) < 4.78 is 13.1. The van der Waals surface area contributed by atoms with Gasteiger partial charge in [-0.25, -0.2) is 4.39 Å². The molecule has 7 heteroatoms. The van der Waals surface area contributed by atoms with Gasteiger partial charge in [-0.3, -0.25) is 4.79 Å². The number of aliphatic hydroxyl groups excluding tert-OH is 1. The topological polar surface area (TPSA) is 58.9 Å². The third-order valence-electron chi connectivity index (χ3n) is 4.01. The molecule has 0 amide bonds. The van der Waals surface area contributed by atoms with Crippen LogP contribution in [-0.4, -0.2) is 36.1 Å². The lowest BCUT2D eigenvalue weighted by Crippen LogP contribution is -2.19. The van der Waals surface area contributed by atoms with Crippen molar-refractivity contribution in [1.29, 1.82) is 0 Å². The van der Waals surface area contributed by atoms with E-state index in [1.165, 1.54) is 13.2 Å². The molecule has 0 radical (unpaired) electrons. The van der Waals surface area contributed by atoms with Gasteiger partial charge in [0.15, 0.2) is 5.78 Å². The second-order valence-corrected chi connectivity index (χ2v) is 7.42. The predicted molar refractivity (Wildman–Crippen MR) is 98.7 cm³/mol. The van der Waals surface area contributed by atoms with E-state index in [1.54, 1.807) is 23.9 Å². The van der Waals surface area contributed by atoms with Gasteiger partial charge in [-0.05, 0) is 48.3 Å². The molecule has 4 nitrogen and oxygen atoms in total. The van der Waals surface area contributed by atoms with E-state index in [-0.39, 0.29) is 17.4 Å². The van der Waals surface area contributed by atoms with Crippen LogP contribution >= 0.6 is 23.4 Å². The lowest BCUT2D eigenvalue weighted by atomic mass is 9.85. The SMILES string of the molecule is CON=C(CO)CC1=CCC(CCSc2ccc(F)c(Cl)c2)CC1=O. The Balaban J connectivity index is 1.82. The summed E-state index contributed by atoms with van der Waals surface area (Å²) in [6, 6.07) is 4.70. The standard InChI is InChI=1S/C18H21ClFNO3S/c1-24-21-14(11-22)9-13-3-2-12(8-18(13)23)6-7-25-15-4-5-17(20)16(19)10-15/h3-5,10,12,22H,2,6-9,11H2,1H3. The van der Waals surface area contributed by atoms with Gasteiger partial charge in [0.05, 0.1) is 17.3 Å². The summed E-state index contributed by atoms with van der Waals surface area (Å²) in [5, 5.41) is 13.0. The Hall–Kier alpha value is -1.37. The van der Waals surface area contributed by atoms with Gasteiger partial charge in [0.25, 0.3) is 0 Å². The van der Waals surface area contributed by atoms with Crippen molar-refractivity contribution < 1.29 is 19.1 Å². The van der Waals surface area contributed by atoms with E-state index in [0.29, 0.717) is 30.0 Å². The first kappa shape index (κ1) is 19.9. The minimum Gasteiger partial charge on any atom is -0.399 e. The van der Waals surface area contributed by atoms with Crippen LogP contribution in [0.1, 0.15) is 25.7 Å². The van der Waals surface area contributed by atoms with E-state index in [1.807, 2.05) is 6.08 Å². The van der Waals surface area contributed by atoms with Crippen LogP contribution in [0.4, 0.5) is 4.39 Å². The largest absolute Gasteiger partial charge is 0.399 e. The Morgan fingerprint density at radius 3 is 2.96 bits per heavy atom. The smallest absolute Gasteiger partial charge is 0.159 e. The Kier molecular flexibility index (Phi) is 7.93. The average Bonchev–Trinajstić information content (AvgIpc) is 2.59. The highest BCUT2D eigenvalue weighted by Crippen LogP contribution is 2.30. The molecule has 1 aromatic rings. The molecule has 0 spiro atoms. The first-order valence-electron chi connectivity index (χ1n) is 8.03. The molecule has 1 unspecified atom stereocenters. The van der Waals surface area contributed by atoms with Crippen LogP contribution in [0.3, 0.4) is 0 Å². The third-order valence-corrected chi connectivity index (χ3v) is 5.33. The van der Waals surface area contributed by atoms with E-state index < -0.39 is 5.82 Å². The number of nitrogens with zero attached hydrogens (tertiary/aromatic N) is 1. The normalized spacial score (nSPS) is 18.2. The lowest BCUT2D eigenvalue weighted by molar-refractivity contribution is -0.116. The number of ketones is 1. The summed E-state index contributed by atoms with van der Waals surface area (Å²) in [7, 11) is 1.41. The Labute approximate surface area is 156 Å². The molecule has 1 aliphatic rings. The van der Waals surface area contributed by atoms with Crippen molar-refractivity contribution in [2.75, 3.05) is 19.5 Å². The van der Waals surface area contributed by atoms with Crippen molar-refractivity contribution in [2.45, 2.75) is 30.6 Å². The highest BCUT2D eigenvalue weighted by molar-refractivity contribution is 7.99. The van der Waals surface area contributed by atoms with Crippen molar-refractivity contribution in [3.8, 4) is 0 Å². The zero-order chi connectivity index (χ0) is 18.2. The second-order valence-electron chi connectivity index (χ2n) is 5.85. The fourth-order valence-corrected chi connectivity index (χ4v) is 3.96. The highest BCUT2D eigenvalue weighted by Gasteiger charge is 2.22. The molecule has 0 heterocycles. The molecule has 0 saturated heterocycles. The van der Waals surface area contributed by atoms with Crippen LogP contribution in [0.25, 0.3) is 0 Å². The zero-order valence-corrected chi connectivity index (χ0v) is 15.6.